The third kappa shape index (κ3) is 6.88. The number of aliphatic hydroxyl groups excluding tert-OH is 1. The fourth-order valence-corrected chi connectivity index (χ4v) is 1.93. The normalized spacial score (nSPS) is 11.6. The Kier molecular flexibility index (Phi) is 10.3. The summed E-state index contributed by atoms with van der Waals surface area (Å²) in [4.78, 5) is 2.39. The average molecular weight is 216 g/mol. The van der Waals surface area contributed by atoms with Crippen LogP contribution in [0.15, 0.2) is 0 Å². The molecule has 0 saturated carbocycles. The van der Waals surface area contributed by atoms with Gasteiger partial charge in [-0.3, -0.25) is 4.90 Å². The monoisotopic (exact) mass is 216 g/mol. The molecule has 0 aliphatic carbocycles. The molecular weight excluding hydrogens is 188 g/mol. The van der Waals surface area contributed by atoms with Crippen molar-refractivity contribution >= 4 is 0 Å². The molecule has 0 saturated heterocycles. The lowest BCUT2D eigenvalue weighted by Gasteiger charge is -2.29. The third-order valence-electron chi connectivity index (χ3n) is 2.85. The molecule has 0 aromatic carbocycles. The van der Waals surface area contributed by atoms with E-state index in [1.165, 1.54) is 19.3 Å². The SMILES string of the molecule is CCCNCCN(CCO)C(CC)CC. The zero-order chi connectivity index (χ0) is 11.5. The second-order valence-corrected chi connectivity index (χ2v) is 3.98. The van der Waals surface area contributed by atoms with Crippen molar-refractivity contribution in [3.8, 4) is 0 Å². The summed E-state index contributed by atoms with van der Waals surface area (Å²) in [5.41, 5.74) is 0. The number of hydrogen-bond acceptors (Lipinski definition) is 3. The van der Waals surface area contributed by atoms with E-state index < -0.39 is 0 Å². The van der Waals surface area contributed by atoms with Crippen molar-refractivity contribution in [2.24, 2.45) is 0 Å². The van der Waals surface area contributed by atoms with Crippen LogP contribution < -0.4 is 5.32 Å². The van der Waals surface area contributed by atoms with Gasteiger partial charge < -0.3 is 10.4 Å². The summed E-state index contributed by atoms with van der Waals surface area (Å²) in [6.07, 6.45) is 3.53. The molecular formula is C12H28N2O. The summed E-state index contributed by atoms with van der Waals surface area (Å²) in [5, 5.41) is 12.4. The highest BCUT2D eigenvalue weighted by molar-refractivity contribution is 4.69. The Balaban J connectivity index is 3.80. The molecule has 0 radical (unpaired) electrons. The van der Waals surface area contributed by atoms with Gasteiger partial charge in [-0.05, 0) is 25.8 Å². The van der Waals surface area contributed by atoms with Crippen LogP contribution in [0.25, 0.3) is 0 Å². The maximum absolute atomic E-state index is 9.02. The summed E-state index contributed by atoms with van der Waals surface area (Å²) in [5.74, 6) is 0. The second kappa shape index (κ2) is 10.4. The molecule has 2 N–H and O–H groups in total. The van der Waals surface area contributed by atoms with E-state index in [2.05, 4.69) is 31.0 Å². The number of aliphatic hydroxyl groups is 1. The summed E-state index contributed by atoms with van der Waals surface area (Å²) in [6, 6.07) is 0.626. The summed E-state index contributed by atoms with van der Waals surface area (Å²) < 4.78 is 0. The van der Waals surface area contributed by atoms with Gasteiger partial charge >= 0.3 is 0 Å². The molecule has 0 aliphatic rings. The quantitative estimate of drug-likeness (QED) is 0.543. The van der Waals surface area contributed by atoms with Crippen molar-refractivity contribution in [3.63, 3.8) is 0 Å². The van der Waals surface area contributed by atoms with Gasteiger partial charge in [0, 0.05) is 25.7 Å². The van der Waals surface area contributed by atoms with E-state index in [4.69, 9.17) is 5.11 Å². The number of hydrogen-bond donors (Lipinski definition) is 2. The topological polar surface area (TPSA) is 35.5 Å². The molecule has 0 rings (SSSR count). The van der Waals surface area contributed by atoms with Gasteiger partial charge in [0.05, 0.1) is 6.61 Å². The lowest BCUT2D eigenvalue weighted by molar-refractivity contribution is 0.144. The first-order valence-electron chi connectivity index (χ1n) is 6.35. The van der Waals surface area contributed by atoms with E-state index in [1.54, 1.807) is 0 Å². The van der Waals surface area contributed by atoms with E-state index in [0.717, 1.165) is 26.2 Å². The highest BCUT2D eigenvalue weighted by Gasteiger charge is 2.13. The highest BCUT2D eigenvalue weighted by Crippen LogP contribution is 2.07. The lowest BCUT2D eigenvalue weighted by atomic mass is 10.1. The highest BCUT2D eigenvalue weighted by atomic mass is 16.3. The lowest BCUT2D eigenvalue weighted by Crippen LogP contribution is -2.41. The van der Waals surface area contributed by atoms with Gasteiger partial charge in [0.2, 0.25) is 0 Å². The van der Waals surface area contributed by atoms with E-state index in [0.29, 0.717) is 6.04 Å². The summed E-state index contributed by atoms with van der Waals surface area (Å²) in [7, 11) is 0. The van der Waals surface area contributed by atoms with Crippen LogP contribution in [0.2, 0.25) is 0 Å². The summed E-state index contributed by atoms with van der Waals surface area (Å²) >= 11 is 0. The number of nitrogens with one attached hydrogen (secondary N) is 1. The van der Waals surface area contributed by atoms with Crippen molar-refractivity contribution in [1.29, 1.82) is 0 Å². The Bertz CT molecular complexity index is 127. The Morgan fingerprint density at radius 1 is 1.07 bits per heavy atom. The van der Waals surface area contributed by atoms with Crippen LogP contribution in [0.1, 0.15) is 40.0 Å². The molecule has 0 bridgehead atoms. The van der Waals surface area contributed by atoms with E-state index in [-0.39, 0.29) is 6.61 Å². The first kappa shape index (κ1) is 14.9. The molecule has 0 amide bonds. The Morgan fingerprint density at radius 2 is 1.73 bits per heavy atom. The molecule has 15 heavy (non-hydrogen) atoms. The average Bonchev–Trinajstić information content (AvgIpc) is 2.26. The van der Waals surface area contributed by atoms with Gasteiger partial charge in [-0.2, -0.15) is 0 Å². The fourth-order valence-electron chi connectivity index (χ4n) is 1.93. The van der Waals surface area contributed by atoms with Crippen molar-refractivity contribution in [2.45, 2.75) is 46.1 Å². The van der Waals surface area contributed by atoms with E-state index in [9.17, 15) is 0 Å². The van der Waals surface area contributed by atoms with E-state index >= 15 is 0 Å². The van der Waals surface area contributed by atoms with Gasteiger partial charge in [-0.15, -0.1) is 0 Å². The molecule has 0 fully saturated rings. The van der Waals surface area contributed by atoms with Gasteiger partial charge in [-0.25, -0.2) is 0 Å². The van der Waals surface area contributed by atoms with Gasteiger partial charge in [0.15, 0.2) is 0 Å². The van der Waals surface area contributed by atoms with Crippen LogP contribution >= 0.6 is 0 Å². The van der Waals surface area contributed by atoms with Gasteiger partial charge in [0.25, 0.3) is 0 Å². The minimum atomic E-state index is 0.268. The minimum Gasteiger partial charge on any atom is -0.395 e. The Labute approximate surface area is 94.9 Å². The van der Waals surface area contributed by atoms with Crippen molar-refractivity contribution < 1.29 is 5.11 Å². The van der Waals surface area contributed by atoms with Crippen LogP contribution in [0.3, 0.4) is 0 Å². The van der Waals surface area contributed by atoms with E-state index in [1.807, 2.05) is 0 Å². The molecule has 0 heterocycles. The predicted octanol–water partition coefficient (Wildman–Crippen LogP) is 1.47. The van der Waals surface area contributed by atoms with Crippen molar-refractivity contribution in [3.05, 3.63) is 0 Å². The Hall–Kier alpha value is -0.120. The maximum Gasteiger partial charge on any atom is 0.0558 e. The Morgan fingerprint density at radius 3 is 2.20 bits per heavy atom. The molecule has 0 aliphatic heterocycles. The smallest absolute Gasteiger partial charge is 0.0558 e. The zero-order valence-corrected chi connectivity index (χ0v) is 10.6. The third-order valence-corrected chi connectivity index (χ3v) is 2.85. The van der Waals surface area contributed by atoms with Crippen molar-refractivity contribution in [2.75, 3.05) is 32.8 Å². The number of rotatable bonds is 10. The molecule has 3 heteroatoms. The molecule has 0 aromatic heterocycles. The molecule has 0 atom stereocenters. The standard InChI is InChI=1S/C12H28N2O/c1-4-7-13-8-9-14(10-11-15)12(5-2)6-3/h12-13,15H,4-11H2,1-3H3. The largest absolute Gasteiger partial charge is 0.395 e. The van der Waals surface area contributed by atoms with Crippen LogP contribution in [0.4, 0.5) is 0 Å². The van der Waals surface area contributed by atoms with Gasteiger partial charge in [0.1, 0.15) is 0 Å². The molecule has 0 spiro atoms. The zero-order valence-electron chi connectivity index (χ0n) is 10.6. The van der Waals surface area contributed by atoms with Crippen molar-refractivity contribution in [1.82, 2.24) is 10.2 Å². The molecule has 3 nitrogen and oxygen atoms in total. The first-order chi connectivity index (χ1) is 7.29. The van der Waals surface area contributed by atoms with Crippen LogP contribution in [0.5, 0.6) is 0 Å². The van der Waals surface area contributed by atoms with Crippen LogP contribution in [0, 0.1) is 0 Å². The minimum absolute atomic E-state index is 0.268. The van der Waals surface area contributed by atoms with Crippen LogP contribution in [-0.2, 0) is 0 Å². The van der Waals surface area contributed by atoms with Crippen LogP contribution in [-0.4, -0.2) is 48.8 Å². The maximum atomic E-state index is 9.02. The number of nitrogens with zero attached hydrogens (tertiary/aromatic N) is 1. The first-order valence-corrected chi connectivity index (χ1v) is 6.35. The molecule has 92 valence electrons. The molecule has 0 unspecified atom stereocenters. The summed E-state index contributed by atoms with van der Waals surface area (Å²) in [6.45, 7) is 10.9. The predicted molar refractivity (Wildman–Crippen MR) is 66.2 cm³/mol. The second-order valence-electron chi connectivity index (χ2n) is 3.98. The fraction of sp³-hybridized carbons (Fsp3) is 1.00. The molecule has 0 aromatic rings. The van der Waals surface area contributed by atoms with Gasteiger partial charge in [-0.1, -0.05) is 20.8 Å².